The van der Waals surface area contributed by atoms with Gasteiger partial charge < -0.3 is 14.2 Å². The zero-order valence-corrected chi connectivity index (χ0v) is 11.3. The minimum Gasteiger partial charge on any atom is -0.461 e. The summed E-state index contributed by atoms with van der Waals surface area (Å²) in [5.41, 5.74) is 0.239. The van der Waals surface area contributed by atoms with Crippen LogP contribution in [0.4, 0.5) is 0 Å². The molecule has 1 aromatic rings. The van der Waals surface area contributed by atoms with E-state index >= 15 is 0 Å². The molecule has 2 rings (SSSR count). The molecule has 0 spiro atoms. The van der Waals surface area contributed by atoms with Gasteiger partial charge in [0.2, 0.25) is 5.91 Å². The molecule has 0 aliphatic carbocycles. The minimum atomic E-state index is -0.456. The van der Waals surface area contributed by atoms with Crippen LogP contribution in [-0.4, -0.2) is 46.0 Å². The number of ether oxygens (including phenoxy) is 1. The Bertz CT molecular complexity index is 463. The number of amides is 1. The van der Waals surface area contributed by atoms with E-state index in [1.807, 2.05) is 11.8 Å². The van der Waals surface area contributed by atoms with E-state index < -0.39 is 5.97 Å². The Morgan fingerprint density at radius 1 is 1.42 bits per heavy atom. The zero-order valence-electron chi connectivity index (χ0n) is 11.3. The van der Waals surface area contributed by atoms with Gasteiger partial charge in [0.25, 0.3) is 0 Å². The SMILES string of the molecule is CCOC(=O)c1cn(C(C)C(=O)N2CCCC2)cn1. The lowest BCUT2D eigenvalue weighted by Crippen LogP contribution is -2.33. The van der Waals surface area contributed by atoms with Gasteiger partial charge in [-0.1, -0.05) is 0 Å². The molecule has 1 unspecified atom stereocenters. The summed E-state index contributed by atoms with van der Waals surface area (Å²) in [5.74, 6) is -0.382. The number of hydrogen-bond donors (Lipinski definition) is 0. The first-order valence-electron chi connectivity index (χ1n) is 6.63. The van der Waals surface area contributed by atoms with Crippen LogP contribution in [0.1, 0.15) is 43.2 Å². The molecule has 0 saturated carbocycles. The van der Waals surface area contributed by atoms with Gasteiger partial charge in [0.1, 0.15) is 6.04 Å². The maximum atomic E-state index is 12.2. The first-order valence-corrected chi connectivity index (χ1v) is 6.63. The van der Waals surface area contributed by atoms with Gasteiger partial charge in [0.05, 0.1) is 12.9 Å². The van der Waals surface area contributed by atoms with E-state index in [-0.39, 0.29) is 17.6 Å². The van der Waals surface area contributed by atoms with E-state index in [0.717, 1.165) is 25.9 Å². The summed E-state index contributed by atoms with van der Waals surface area (Å²) in [7, 11) is 0. The second-order valence-corrected chi connectivity index (χ2v) is 4.63. The van der Waals surface area contributed by atoms with Crippen LogP contribution < -0.4 is 0 Å². The van der Waals surface area contributed by atoms with E-state index in [9.17, 15) is 9.59 Å². The molecule has 1 aliphatic rings. The van der Waals surface area contributed by atoms with Gasteiger partial charge in [-0.25, -0.2) is 9.78 Å². The molecular weight excluding hydrogens is 246 g/mol. The summed E-state index contributed by atoms with van der Waals surface area (Å²) < 4.78 is 6.53. The molecule has 0 aromatic carbocycles. The van der Waals surface area contributed by atoms with Crippen LogP contribution >= 0.6 is 0 Å². The Kier molecular flexibility index (Phi) is 4.19. The third-order valence-electron chi connectivity index (χ3n) is 3.31. The average molecular weight is 265 g/mol. The van der Waals surface area contributed by atoms with Crippen molar-refractivity contribution in [2.24, 2.45) is 0 Å². The predicted octanol–water partition coefficient (Wildman–Crippen LogP) is 1.24. The van der Waals surface area contributed by atoms with Gasteiger partial charge in [-0.2, -0.15) is 0 Å². The number of imidazole rings is 1. The van der Waals surface area contributed by atoms with Crippen LogP contribution in [-0.2, 0) is 9.53 Å². The fourth-order valence-electron chi connectivity index (χ4n) is 2.19. The Morgan fingerprint density at radius 3 is 2.74 bits per heavy atom. The Balaban J connectivity index is 2.04. The second-order valence-electron chi connectivity index (χ2n) is 4.63. The van der Waals surface area contributed by atoms with Gasteiger partial charge in [-0.05, 0) is 26.7 Å². The van der Waals surface area contributed by atoms with E-state index in [1.54, 1.807) is 17.7 Å². The predicted molar refractivity (Wildman–Crippen MR) is 68.7 cm³/mol. The van der Waals surface area contributed by atoms with Crippen molar-refractivity contribution in [1.82, 2.24) is 14.5 Å². The third-order valence-corrected chi connectivity index (χ3v) is 3.31. The molecule has 0 bridgehead atoms. The van der Waals surface area contributed by atoms with Crippen molar-refractivity contribution in [3.05, 3.63) is 18.2 Å². The van der Waals surface area contributed by atoms with Crippen LogP contribution in [0.15, 0.2) is 12.5 Å². The lowest BCUT2D eigenvalue weighted by atomic mass is 10.3. The molecule has 6 nitrogen and oxygen atoms in total. The maximum absolute atomic E-state index is 12.2. The zero-order chi connectivity index (χ0) is 13.8. The number of carbonyl (C=O) groups excluding carboxylic acids is 2. The number of hydrogen-bond acceptors (Lipinski definition) is 4. The highest BCUT2D eigenvalue weighted by molar-refractivity contribution is 5.87. The molecule has 0 N–H and O–H groups in total. The first kappa shape index (κ1) is 13.6. The quantitative estimate of drug-likeness (QED) is 0.768. The molecule has 1 amide bonds. The van der Waals surface area contributed by atoms with Gasteiger partial charge >= 0.3 is 5.97 Å². The summed E-state index contributed by atoms with van der Waals surface area (Å²) in [6, 6.07) is -0.339. The van der Waals surface area contributed by atoms with Gasteiger partial charge in [-0.3, -0.25) is 4.79 Å². The van der Waals surface area contributed by atoms with E-state index in [4.69, 9.17) is 4.74 Å². The van der Waals surface area contributed by atoms with Gasteiger partial charge in [-0.15, -0.1) is 0 Å². The number of nitrogens with zero attached hydrogens (tertiary/aromatic N) is 3. The number of carbonyl (C=O) groups is 2. The van der Waals surface area contributed by atoms with Crippen molar-refractivity contribution in [2.75, 3.05) is 19.7 Å². The molecule has 0 radical (unpaired) electrons. The third kappa shape index (κ3) is 2.94. The van der Waals surface area contributed by atoms with Gasteiger partial charge in [0, 0.05) is 19.3 Å². The van der Waals surface area contributed by atoms with Crippen LogP contribution in [0.5, 0.6) is 0 Å². The number of aromatic nitrogens is 2. The largest absolute Gasteiger partial charge is 0.461 e. The van der Waals surface area contributed by atoms with Crippen LogP contribution in [0.2, 0.25) is 0 Å². The summed E-state index contributed by atoms with van der Waals surface area (Å²) in [4.78, 5) is 29.6. The van der Waals surface area contributed by atoms with E-state index in [1.165, 1.54) is 6.33 Å². The molecule has 1 aliphatic heterocycles. The van der Waals surface area contributed by atoms with E-state index in [2.05, 4.69) is 4.98 Å². The fraction of sp³-hybridized carbons (Fsp3) is 0.615. The Labute approximate surface area is 112 Å². The Morgan fingerprint density at radius 2 is 2.11 bits per heavy atom. The monoisotopic (exact) mass is 265 g/mol. The van der Waals surface area contributed by atoms with E-state index in [0.29, 0.717) is 6.61 Å². The minimum absolute atomic E-state index is 0.0744. The number of esters is 1. The smallest absolute Gasteiger partial charge is 0.358 e. The van der Waals surface area contributed by atoms with Crippen molar-refractivity contribution in [1.29, 1.82) is 0 Å². The second kappa shape index (κ2) is 5.86. The summed E-state index contributed by atoms with van der Waals surface area (Å²) >= 11 is 0. The molecule has 2 heterocycles. The molecular formula is C13H19N3O3. The summed E-state index contributed by atoms with van der Waals surface area (Å²) in [5, 5.41) is 0. The molecule has 1 fully saturated rings. The van der Waals surface area contributed by atoms with Crippen LogP contribution in [0.3, 0.4) is 0 Å². The standard InChI is InChI=1S/C13H19N3O3/c1-3-19-13(18)11-8-16(9-14-11)10(2)12(17)15-6-4-5-7-15/h8-10H,3-7H2,1-2H3. The normalized spacial score (nSPS) is 16.4. The summed E-state index contributed by atoms with van der Waals surface area (Å²) in [6.45, 7) is 5.52. The first-order chi connectivity index (χ1) is 9.13. The highest BCUT2D eigenvalue weighted by Gasteiger charge is 2.25. The lowest BCUT2D eigenvalue weighted by Gasteiger charge is -2.20. The van der Waals surface area contributed by atoms with Crippen molar-refractivity contribution in [3.63, 3.8) is 0 Å². The maximum Gasteiger partial charge on any atom is 0.358 e. The molecule has 1 saturated heterocycles. The molecule has 104 valence electrons. The van der Waals surface area contributed by atoms with Crippen LogP contribution in [0.25, 0.3) is 0 Å². The van der Waals surface area contributed by atoms with Gasteiger partial charge in [0.15, 0.2) is 5.69 Å². The van der Waals surface area contributed by atoms with Crippen molar-refractivity contribution in [3.8, 4) is 0 Å². The molecule has 1 aromatic heterocycles. The number of rotatable bonds is 4. The fourth-order valence-corrected chi connectivity index (χ4v) is 2.19. The molecule has 19 heavy (non-hydrogen) atoms. The highest BCUT2D eigenvalue weighted by Crippen LogP contribution is 2.16. The van der Waals surface area contributed by atoms with Crippen molar-refractivity contribution < 1.29 is 14.3 Å². The van der Waals surface area contributed by atoms with Crippen molar-refractivity contribution in [2.45, 2.75) is 32.7 Å². The average Bonchev–Trinajstić information content (AvgIpc) is 3.08. The lowest BCUT2D eigenvalue weighted by molar-refractivity contribution is -0.133. The number of likely N-dealkylation sites (tertiary alicyclic amines) is 1. The molecule has 6 heteroatoms. The summed E-state index contributed by atoms with van der Waals surface area (Å²) in [6.07, 6.45) is 5.20. The van der Waals surface area contributed by atoms with Crippen molar-refractivity contribution >= 4 is 11.9 Å². The Hall–Kier alpha value is -1.85. The molecule has 1 atom stereocenters. The van der Waals surface area contributed by atoms with Crippen LogP contribution in [0, 0.1) is 0 Å². The topological polar surface area (TPSA) is 64.4 Å². The highest BCUT2D eigenvalue weighted by atomic mass is 16.5.